The second kappa shape index (κ2) is 7.29. The van der Waals surface area contributed by atoms with Crippen LogP contribution < -0.4 is 5.32 Å². The third-order valence-corrected chi connectivity index (χ3v) is 4.46. The molecule has 1 fully saturated rings. The van der Waals surface area contributed by atoms with Gasteiger partial charge in [0.1, 0.15) is 0 Å². The van der Waals surface area contributed by atoms with E-state index < -0.39 is 0 Å². The van der Waals surface area contributed by atoms with Crippen LogP contribution in [0.1, 0.15) is 18.5 Å². The number of benzene rings is 2. The maximum atomic E-state index is 12.3. The Kier molecular flexibility index (Phi) is 4.93. The van der Waals surface area contributed by atoms with E-state index in [1.165, 1.54) is 5.56 Å². The van der Waals surface area contributed by atoms with E-state index in [0.717, 1.165) is 31.9 Å². The number of piperazine rings is 1. The van der Waals surface area contributed by atoms with Crippen molar-refractivity contribution in [2.24, 2.45) is 0 Å². The summed E-state index contributed by atoms with van der Waals surface area (Å²) in [4.78, 5) is 16.6. The number of urea groups is 1. The third-order valence-electron chi connectivity index (χ3n) is 4.46. The maximum absolute atomic E-state index is 12.3. The Morgan fingerprint density at radius 2 is 1.48 bits per heavy atom. The molecule has 1 aliphatic rings. The number of nitrogens with zero attached hydrogens (tertiary/aromatic N) is 2. The van der Waals surface area contributed by atoms with Crippen molar-refractivity contribution in [2.45, 2.75) is 13.0 Å². The molecule has 0 radical (unpaired) electrons. The largest absolute Gasteiger partial charge is 0.322 e. The van der Waals surface area contributed by atoms with E-state index >= 15 is 0 Å². The van der Waals surface area contributed by atoms with Gasteiger partial charge in [0.15, 0.2) is 0 Å². The minimum Gasteiger partial charge on any atom is -0.322 e. The van der Waals surface area contributed by atoms with Gasteiger partial charge >= 0.3 is 6.03 Å². The molecule has 4 nitrogen and oxygen atoms in total. The lowest BCUT2D eigenvalue weighted by Gasteiger charge is -2.38. The molecular weight excluding hydrogens is 286 g/mol. The van der Waals surface area contributed by atoms with Crippen LogP contribution in [-0.4, -0.2) is 42.0 Å². The lowest BCUT2D eigenvalue weighted by Crippen LogP contribution is -2.50. The molecule has 1 aliphatic heterocycles. The van der Waals surface area contributed by atoms with Gasteiger partial charge in [-0.15, -0.1) is 0 Å². The lowest BCUT2D eigenvalue weighted by atomic mass is 10.1. The Bertz CT molecular complexity index is 622. The first-order valence-corrected chi connectivity index (χ1v) is 8.14. The number of hydrogen-bond donors (Lipinski definition) is 1. The molecule has 1 heterocycles. The van der Waals surface area contributed by atoms with Crippen molar-refractivity contribution in [2.75, 3.05) is 31.5 Å². The van der Waals surface area contributed by atoms with Crippen LogP contribution in [0.3, 0.4) is 0 Å². The summed E-state index contributed by atoms with van der Waals surface area (Å²) in [5.41, 5.74) is 2.17. The molecule has 0 bridgehead atoms. The zero-order chi connectivity index (χ0) is 16.1. The third kappa shape index (κ3) is 3.90. The van der Waals surface area contributed by atoms with Crippen LogP contribution in [0.2, 0.25) is 0 Å². The molecule has 120 valence electrons. The van der Waals surface area contributed by atoms with Gasteiger partial charge in [-0.05, 0) is 24.6 Å². The molecule has 2 aromatic carbocycles. The van der Waals surface area contributed by atoms with Gasteiger partial charge in [-0.2, -0.15) is 0 Å². The van der Waals surface area contributed by atoms with Gasteiger partial charge in [-0.1, -0.05) is 48.5 Å². The molecular formula is C19H23N3O. The van der Waals surface area contributed by atoms with Gasteiger partial charge in [0.05, 0.1) is 0 Å². The summed E-state index contributed by atoms with van der Waals surface area (Å²) in [5.74, 6) is 0. The Balaban J connectivity index is 1.53. The van der Waals surface area contributed by atoms with Crippen molar-refractivity contribution in [1.29, 1.82) is 0 Å². The van der Waals surface area contributed by atoms with Crippen molar-refractivity contribution in [1.82, 2.24) is 9.80 Å². The van der Waals surface area contributed by atoms with Gasteiger partial charge in [-0.25, -0.2) is 4.79 Å². The summed E-state index contributed by atoms with van der Waals surface area (Å²) >= 11 is 0. The minimum atomic E-state index is -0.0109. The molecule has 0 aromatic heterocycles. The Morgan fingerprint density at radius 3 is 2.09 bits per heavy atom. The molecule has 1 N–H and O–H groups in total. The average molecular weight is 309 g/mol. The van der Waals surface area contributed by atoms with Crippen molar-refractivity contribution >= 4 is 11.7 Å². The topological polar surface area (TPSA) is 35.6 Å². The molecule has 0 aliphatic carbocycles. The summed E-state index contributed by atoms with van der Waals surface area (Å²) in [5, 5.41) is 2.96. The average Bonchev–Trinajstić information content (AvgIpc) is 2.63. The predicted octanol–water partition coefficient (Wildman–Crippen LogP) is 3.60. The van der Waals surface area contributed by atoms with E-state index in [2.05, 4.69) is 41.4 Å². The van der Waals surface area contributed by atoms with Crippen LogP contribution in [0, 0.1) is 0 Å². The molecule has 3 rings (SSSR count). The zero-order valence-corrected chi connectivity index (χ0v) is 13.5. The molecule has 23 heavy (non-hydrogen) atoms. The Labute approximate surface area is 137 Å². The summed E-state index contributed by atoms with van der Waals surface area (Å²) in [6, 6.07) is 20.5. The van der Waals surface area contributed by atoms with E-state index in [1.54, 1.807) is 0 Å². The lowest BCUT2D eigenvalue weighted by molar-refractivity contribution is 0.119. The first-order chi connectivity index (χ1) is 11.2. The monoisotopic (exact) mass is 309 g/mol. The van der Waals surface area contributed by atoms with Crippen LogP contribution in [0.4, 0.5) is 10.5 Å². The normalized spacial score (nSPS) is 16.8. The zero-order valence-electron chi connectivity index (χ0n) is 13.5. The molecule has 1 atom stereocenters. The van der Waals surface area contributed by atoms with E-state index in [-0.39, 0.29) is 6.03 Å². The van der Waals surface area contributed by atoms with Crippen LogP contribution in [0.25, 0.3) is 0 Å². The number of hydrogen-bond acceptors (Lipinski definition) is 2. The van der Waals surface area contributed by atoms with Crippen LogP contribution in [-0.2, 0) is 0 Å². The second-order valence-electron chi connectivity index (χ2n) is 5.91. The predicted molar refractivity (Wildman–Crippen MR) is 93.5 cm³/mol. The highest BCUT2D eigenvalue weighted by Gasteiger charge is 2.24. The highest BCUT2D eigenvalue weighted by atomic mass is 16.2. The first kappa shape index (κ1) is 15.6. The molecule has 2 aromatic rings. The Hall–Kier alpha value is -2.33. The summed E-state index contributed by atoms with van der Waals surface area (Å²) < 4.78 is 0. The van der Waals surface area contributed by atoms with Gasteiger partial charge in [0.2, 0.25) is 0 Å². The SMILES string of the molecule is CC(c1ccccc1)N1CCN(C(=O)Nc2ccccc2)CC1. The smallest absolute Gasteiger partial charge is 0.321 e. The maximum Gasteiger partial charge on any atom is 0.321 e. The van der Waals surface area contributed by atoms with Crippen molar-refractivity contribution in [3.63, 3.8) is 0 Å². The number of amides is 2. The number of para-hydroxylation sites is 1. The summed E-state index contributed by atoms with van der Waals surface area (Å²) in [6.45, 7) is 5.55. The highest BCUT2D eigenvalue weighted by Crippen LogP contribution is 2.21. The fourth-order valence-corrected chi connectivity index (χ4v) is 2.98. The van der Waals surface area contributed by atoms with Crippen molar-refractivity contribution < 1.29 is 4.79 Å². The second-order valence-corrected chi connectivity index (χ2v) is 5.91. The highest BCUT2D eigenvalue weighted by molar-refractivity contribution is 5.89. The number of carbonyl (C=O) groups is 1. The molecule has 1 saturated heterocycles. The Morgan fingerprint density at radius 1 is 0.913 bits per heavy atom. The molecule has 2 amide bonds. The summed E-state index contributed by atoms with van der Waals surface area (Å²) in [6.07, 6.45) is 0. The van der Waals surface area contributed by atoms with Gasteiger partial charge in [0, 0.05) is 37.9 Å². The van der Waals surface area contributed by atoms with Gasteiger partial charge in [0.25, 0.3) is 0 Å². The standard InChI is InChI=1S/C19H23N3O/c1-16(17-8-4-2-5-9-17)21-12-14-22(15-13-21)19(23)20-18-10-6-3-7-11-18/h2-11,16H,12-15H2,1H3,(H,20,23). The van der Waals surface area contributed by atoms with Crippen molar-refractivity contribution in [3.8, 4) is 0 Å². The van der Waals surface area contributed by atoms with Gasteiger partial charge in [-0.3, -0.25) is 4.90 Å². The molecule has 0 spiro atoms. The van der Waals surface area contributed by atoms with Gasteiger partial charge < -0.3 is 10.2 Å². The van der Waals surface area contributed by atoms with Crippen LogP contribution in [0.15, 0.2) is 60.7 Å². The molecule has 4 heteroatoms. The minimum absolute atomic E-state index is 0.0109. The number of rotatable bonds is 3. The van der Waals surface area contributed by atoms with E-state index in [1.807, 2.05) is 41.3 Å². The number of nitrogens with one attached hydrogen (secondary N) is 1. The fraction of sp³-hybridized carbons (Fsp3) is 0.316. The number of anilines is 1. The first-order valence-electron chi connectivity index (χ1n) is 8.14. The molecule has 1 unspecified atom stereocenters. The van der Waals surface area contributed by atoms with E-state index in [0.29, 0.717) is 6.04 Å². The molecule has 0 saturated carbocycles. The van der Waals surface area contributed by atoms with Crippen molar-refractivity contribution in [3.05, 3.63) is 66.2 Å². The van der Waals surface area contributed by atoms with E-state index in [4.69, 9.17) is 0 Å². The quantitative estimate of drug-likeness (QED) is 0.940. The van der Waals surface area contributed by atoms with Crippen LogP contribution >= 0.6 is 0 Å². The summed E-state index contributed by atoms with van der Waals surface area (Å²) in [7, 11) is 0. The fourth-order valence-electron chi connectivity index (χ4n) is 2.98. The number of carbonyl (C=O) groups excluding carboxylic acids is 1. The van der Waals surface area contributed by atoms with Crippen LogP contribution in [0.5, 0.6) is 0 Å². The van der Waals surface area contributed by atoms with E-state index in [9.17, 15) is 4.79 Å².